The molecule has 0 radical (unpaired) electrons. The van der Waals surface area contributed by atoms with E-state index in [0.717, 1.165) is 30.7 Å². The molecule has 1 aliphatic rings. The van der Waals surface area contributed by atoms with Crippen molar-refractivity contribution in [2.45, 2.75) is 39.7 Å². The Balaban J connectivity index is 2.30. The van der Waals surface area contributed by atoms with Crippen molar-refractivity contribution in [1.82, 2.24) is 10.2 Å². The van der Waals surface area contributed by atoms with Gasteiger partial charge in [0.25, 0.3) is 5.91 Å². The summed E-state index contributed by atoms with van der Waals surface area (Å²) in [6, 6.07) is -0.00671. The Hall–Kier alpha value is -1.82. The van der Waals surface area contributed by atoms with Crippen molar-refractivity contribution in [2.24, 2.45) is 5.73 Å². The van der Waals surface area contributed by atoms with Crippen LogP contribution in [0.25, 0.3) is 0 Å². The van der Waals surface area contributed by atoms with Crippen molar-refractivity contribution >= 4 is 11.8 Å². The van der Waals surface area contributed by atoms with Crippen LogP contribution >= 0.6 is 0 Å². The molecule has 2 heterocycles. The van der Waals surface area contributed by atoms with Gasteiger partial charge in [0.1, 0.15) is 11.5 Å². The molecular weight excluding hydrogens is 270 g/mol. The number of nitrogens with one attached hydrogen (secondary N) is 1. The van der Waals surface area contributed by atoms with E-state index in [-0.39, 0.29) is 18.5 Å². The lowest BCUT2D eigenvalue weighted by Crippen LogP contribution is -2.51. The fourth-order valence-electron chi connectivity index (χ4n) is 2.89. The van der Waals surface area contributed by atoms with E-state index in [9.17, 15) is 9.59 Å². The van der Waals surface area contributed by atoms with Crippen molar-refractivity contribution in [3.05, 3.63) is 22.6 Å². The van der Waals surface area contributed by atoms with E-state index < -0.39 is 5.91 Å². The molecule has 6 nitrogen and oxygen atoms in total. The van der Waals surface area contributed by atoms with E-state index in [1.54, 1.807) is 11.8 Å². The topological polar surface area (TPSA) is 88.6 Å². The molecule has 1 aliphatic heterocycles. The maximum Gasteiger partial charge on any atom is 0.258 e. The van der Waals surface area contributed by atoms with Gasteiger partial charge in [-0.1, -0.05) is 0 Å². The molecule has 1 aromatic heterocycles. The number of hydrogen-bond acceptors (Lipinski definition) is 4. The van der Waals surface area contributed by atoms with Gasteiger partial charge in [0.05, 0.1) is 12.1 Å². The molecule has 0 bridgehead atoms. The first kappa shape index (κ1) is 15.6. The van der Waals surface area contributed by atoms with E-state index in [0.29, 0.717) is 17.9 Å². The predicted octanol–water partition coefficient (Wildman–Crippen LogP) is 0.884. The number of rotatable bonds is 4. The molecule has 21 heavy (non-hydrogen) atoms. The van der Waals surface area contributed by atoms with Gasteiger partial charge in [0, 0.05) is 18.2 Å². The molecule has 1 unspecified atom stereocenters. The summed E-state index contributed by atoms with van der Waals surface area (Å²) in [5.74, 6) is 0.656. The number of nitrogens with two attached hydrogens (primary N) is 1. The van der Waals surface area contributed by atoms with Crippen LogP contribution in [0.2, 0.25) is 0 Å². The summed E-state index contributed by atoms with van der Waals surface area (Å²) in [5, 5.41) is 3.26. The summed E-state index contributed by atoms with van der Waals surface area (Å²) < 4.78 is 5.53. The third kappa shape index (κ3) is 3.26. The van der Waals surface area contributed by atoms with Crippen molar-refractivity contribution in [2.75, 3.05) is 19.6 Å². The molecule has 116 valence electrons. The number of amides is 2. The second kappa shape index (κ2) is 6.30. The van der Waals surface area contributed by atoms with Crippen LogP contribution in [0.3, 0.4) is 0 Å². The van der Waals surface area contributed by atoms with Crippen LogP contribution in [0.5, 0.6) is 0 Å². The summed E-state index contributed by atoms with van der Waals surface area (Å²) in [5.41, 5.74) is 6.70. The number of carbonyl (C=O) groups excluding carboxylic acids is 2. The van der Waals surface area contributed by atoms with E-state index in [2.05, 4.69) is 5.32 Å². The summed E-state index contributed by atoms with van der Waals surface area (Å²) in [7, 11) is 0. The largest absolute Gasteiger partial charge is 0.466 e. The number of furan rings is 1. The lowest BCUT2D eigenvalue weighted by atomic mass is 10.0. The summed E-state index contributed by atoms with van der Waals surface area (Å²) in [4.78, 5) is 25.8. The van der Waals surface area contributed by atoms with Crippen LogP contribution in [-0.2, 0) is 4.79 Å². The summed E-state index contributed by atoms with van der Waals surface area (Å²) in [6.45, 7) is 7.04. The van der Waals surface area contributed by atoms with Crippen molar-refractivity contribution < 1.29 is 14.0 Å². The first-order valence-electron chi connectivity index (χ1n) is 7.28. The van der Waals surface area contributed by atoms with Crippen LogP contribution < -0.4 is 11.1 Å². The Kier molecular flexibility index (Phi) is 4.67. The van der Waals surface area contributed by atoms with Crippen LogP contribution in [0.1, 0.15) is 40.3 Å². The van der Waals surface area contributed by atoms with E-state index >= 15 is 0 Å². The molecule has 0 aromatic carbocycles. The first-order valence-corrected chi connectivity index (χ1v) is 7.28. The zero-order valence-electron chi connectivity index (χ0n) is 12.9. The molecule has 2 rings (SSSR count). The van der Waals surface area contributed by atoms with Crippen molar-refractivity contribution in [3.63, 3.8) is 0 Å². The molecule has 1 atom stereocenters. The van der Waals surface area contributed by atoms with Gasteiger partial charge < -0.3 is 20.4 Å². The Morgan fingerprint density at radius 2 is 2.05 bits per heavy atom. The molecule has 2 amide bonds. The zero-order valence-corrected chi connectivity index (χ0v) is 12.9. The number of nitrogens with zero attached hydrogens (tertiary/aromatic N) is 1. The maximum absolute atomic E-state index is 12.9. The monoisotopic (exact) mass is 293 g/mol. The van der Waals surface area contributed by atoms with E-state index in [1.165, 1.54) is 0 Å². The normalized spacial score (nSPS) is 18.5. The minimum atomic E-state index is -0.496. The highest BCUT2D eigenvalue weighted by Crippen LogP contribution is 2.24. The summed E-state index contributed by atoms with van der Waals surface area (Å²) in [6.07, 6.45) is 1.86. The quantitative estimate of drug-likeness (QED) is 0.862. The molecule has 3 N–H and O–H groups in total. The van der Waals surface area contributed by atoms with Crippen molar-refractivity contribution in [3.8, 4) is 0 Å². The van der Waals surface area contributed by atoms with E-state index in [1.807, 2.05) is 13.8 Å². The lowest BCUT2D eigenvalue weighted by molar-refractivity contribution is -0.119. The van der Waals surface area contributed by atoms with Crippen LogP contribution in [0.15, 0.2) is 4.42 Å². The number of aryl methyl sites for hydroxylation is 2. The van der Waals surface area contributed by atoms with Gasteiger partial charge in [-0.2, -0.15) is 0 Å². The fraction of sp³-hybridized carbons (Fsp3) is 0.600. The van der Waals surface area contributed by atoms with Gasteiger partial charge in [-0.3, -0.25) is 9.59 Å². The summed E-state index contributed by atoms with van der Waals surface area (Å²) >= 11 is 0. The molecule has 1 fully saturated rings. The molecule has 6 heteroatoms. The number of hydrogen-bond donors (Lipinski definition) is 2. The molecule has 0 spiro atoms. The highest BCUT2D eigenvalue weighted by molar-refractivity contribution is 5.98. The number of carbonyl (C=O) groups is 2. The SMILES string of the molecule is Cc1oc(C)c(C(=O)N(CC(N)=O)C2CCCNC2)c1C. The molecule has 1 saturated heterocycles. The second-order valence-electron chi connectivity index (χ2n) is 5.61. The fourth-order valence-corrected chi connectivity index (χ4v) is 2.89. The third-order valence-corrected chi connectivity index (χ3v) is 4.07. The van der Waals surface area contributed by atoms with Gasteiger partial charge in [-0.05, 0) is 40.2 Å². The van der Waals surface area contributed by atoms with Crippen LogP contribution in [0, 0.1) is 20.8 Å². The van der Waals surface area contributed by atoms with Gasteiger partial charge in [-0.15, -0.1) is 0 Å². The standard InChI is InChI=1S/C15H23N3O3/c1-9-10(2)21-11(3)14(9)15(20)18(8-13(16)19)12-5-4-6-17-7-12/h12,17H,4-8H2,1-3H3,(H2,16,19). The minimum absolute atomic E-state index is 0.00671. The Morgan fingerprint density at radius 1 is 1.33 bits per heavy atom. The van der Waals surface area contributed by atoms with Gasteiger partial charge in [0.15, 0.2) is 0 Å². The number of primary amides is 1. The maximum atomic E-state index is 12.9. The average Bonchev–Trinajstić information content (AvgIpc) is 2.70. The predicted molar refractivity (Wildman–Crippen MR) is 79.0 cm³/mol. The molecule has 1 aromatic rings. The highest BCUT2D eigenvalue weighted by atomic mass is 16.3. The highest BCUT2D eigenvalue weighted by Gasteiger charge is 2.30. The second-order valence-corrected chi connectivity index (χ2v) is 5.61. The van der Waals surface area contributed by atoms with Crippen LogP contribution in [-0.4, -0.2) is 42.4 Å². The van der Waals surface area contributed by atoms with Crippen molar-refractivity contribution in [1.29, 1.82) is 0 Å². The smallest absolute Gasteiger partial charge is 0.258 e. The van der Waals surface area contributed by atoms with Gasteiger partial charge in [0.2, 0.25) is 5.91 Å². The number of piperidine rings is 1. The van der Waals surface area contributed by atoms with Gasteiger partial charge >= 0.3 is 0 Å². The Labute approximate surface area is 124 Å². The van der Waals surface area contributed by atoms with Crippen LogP contribution in [0.4, 0.5) is 0 Å². The first-order chi connectivity index (χ1) is 9.91. The third-order valence-electron chi connectivity index (χ3n) is 4.07. The Bertz CT molecular complexity index is 545. The molecule has 0 saturated carbocycles. The lowest BCUT2D eigenvalue weighted by Gasteiger charge is -2.34. The van der Waals surface area contributed by atoms with E-state index in [4.69, 9.17) is 10.2 Å². The average molecular weight is 293 g/mol. The van der Waals surface area contributed by atoms with Gasteiger partial charge in [-0.25, -0.2) is 0 Å². The minimum Gasteiger partial charge on any atom is -0.466 e. The zero-order chi connectivity index (χ0) is 15.6. The Morgan fingerprint density at radius 3 is 2.52 bits per heavy atom. The molecular formula is C15H23N3O3. The molecule has 0 aliphatic carbocycles.